The Morgan fingerprint density at radius 2 is 1.58 bits per heavy atom. The van der Waals surface area contributed by atoms with Crippen LogP contribution in [0.2, 0.25) is 0 Å². The van der Waals surface area contributed by atoms with Gasteiger partial charge in [0.2, 0.25) is 0 Å². The zero-order valence-corrected chi connectivity index (χ0v) is 16.3. The molecule has 5 nitrogen and oxygen atoms in total. The summed E-state index contributed by atoms with van der Waals surface area (Å²) in [7, 11) is 1.64. The average Bonchev–Trinajstić information content (AvgIpc) is 2.63. The third-order valence-electron chi connectivity index (χ3n) is 4.49. The van der Waals surface area contributed by atoms with Crippen molar-refractivity contribution in [1.82, 2.24) is 5.32 Å². The molecule has 26 heavy (non-hydrogen) atoms. The number of ether oxygens (including phenoxy) is 1. The van der Waals surface area contributed by atoms with E-state index in [0.717, 1.165) is 35.8 Å². The maximum atomic E-state index is 12.4. The highest BCUT2D eigenvalue weighted by molar-refractivity contribution is 5.90. The second-order valence-electron chi connectivity index (χ2n) is 6.65. The van der Waals surface area contributed by atoms with Crippen LogP contribution in [-0.2, 0) is 5.54 Å². The van der Waals surface area contributed by atoms with Crippen molar-refractivity contribution in [2.45, 2.75) is 33.2 Å². The van der Waals surface area contributed by atoms with Gasteiger partial charge in [-0.1, -0.05) is 12.1 Å². The molecule has 5 heteroatoms. The summed E-state index contributed by atoms with van der Waals surface area (Å²) in [6.07, 6.45) is 0. The van der Waals surface area contributed by atoms with E-state index in [1.54, 1.807) is 7.11 Å². The van der Waals surface area contributed by atoms with Crippen molar-refractivity contribution in [1.29, 1.82) is 0 Å². The van der Waals surface area contributed by atoms with E-state index < -0.39 is 5.54 Å². The first-order chi connectivity index (χ1) is 12.4. The molecule has 0 fully saturated rings. The van der Waals surface area contributed by atoms with Crippen molar-refractivity contribution in [2.24, 2.45) is 0 Å². The summed E-state index contributed by atoms with van der Waals surface area (Å²) < 4.78 is 5.18. The molecule has 0 unspecified atom stereocenters. The fourth-order valence-corrected chi connectivity index (χ4v) is 2.87. The maximum Gasteiger partial charge on any atom is 0.319 e. The minimum Gasteiger partial charge on any atom is -0.497 e. The molecule has 0 bridgehead atoms. The molecule has 140 valence electrons. The van der Waals surface area contributed by atoms with Gasteiger partial charge in [0.05, 0.1) is 12.6 Å². The van der Waals surface area contributed by atoms with E-state index in [1.165, 1.54) is 0 Å². The molecular formula is C21H29N3O2. The van der Waals surface area contributed by atoms with E-state index in [-0.39, 0.29) is 6.03 Å². The van der Waals surface area contributed by atoms with Gasteiger partial charge in [-0.3, -0.25) is 0 Å². The Bertz CT molecular complexity index is 705. The first-order valence-electron chi connectivity index (χ1n) is 8.98. The molecule has 2 aromatic rings. The van der Waals surface area contributed by atoms with E-state index >= 15 is 0 Å². The lowest BCUT2D eigenvalue weighted by atomic mass is 9.94. The zero-order chi connectivity index (χ0) is 19.2. The Labute approximate surface area is 156 Å². The summed E-state index contributed by atoms with van der Waals surface area (Å²) >= 11 is 0. The number of nitrogens with one attached hydrogen (secondary N) is 2. The highest BCUT2D eigenvalue weighted by Crippen LogP contribution is 2.23. The number of urea groups is 1. The van der Waals surface area contributed by atoms with Gasteiger partial charge in [0.1, 0.15) is 5.75 Å². The SMILES string of the molecule is CCN(CC)c1ccc(NC(=O)NC(C)(C)c2ccc(OC)cc2)cc1. The summed E-state index contributed by atoms with van der Waals surface area (Å²) in [5.74, 6) is 0.794. The minimum atomic E-state index is -0.502. The van der Waals surface area contributed by atoms with Gasteiger partial charge in [-0.05, 0) is 69.7 Å². The fraction of sp³-hybridized carbons (Fsp3) is 0.381. The molecule has 2 amide bonds. The molecule has 0 saturated heterocycles. The summed E-state index contributed by atoms with van der Waals surface area (Å²) in [6, 6.07) is 15.4. The zero-order valence-electron chi connectivity index (χ0n) is 16.3. The Morgan fingerprint density at radius 1 is 1.00 bits per heavy atom. The first kappa shape index (κ1) is 19.6. The van der Waals surface area contributed by atoms with Crippen LogP contribution in [-0.4, -0.2) is 26.2 Å². The number of rotatable bonds is 7. The Balaban J connectivity index is 2.00. The molecule has 0 aliphatic rings. The molecule has 0 saturated carbocycles. The predicted octanol–water partition coefficient (Wildman–Crippen LogP) is 4.60. The van der Waals surface area contributed by atoms with Gasteiger partial charge >= 0.3 is 6.03 Å². The van der Waals surface area contributed by atoms with Crippen LogP contribution in [0.3, 0.4) is 0 Å². The van der Waals surface area contributed by atoms with Crippen molar-refractivity contribution < 1.29 is 9.53 Å². The lowest BCUT2D eigenvalue weighted by Crippen LogP contribution is -2.43. The van der Waals surface area contributed by atoms with E-state index in [1.807, 2.05) is 62.4 Å². The molecule has 0 aliphatic carbocycles. The Kier molecular flexibility index (Phi) is 6.50. The normalized spacial score (nSPS) is 11.0. The second kappa shape index (κ2) is 8.61. The van der Waals surface area contributed by atoms with E-state index in [2.05, 4.69) is 29.4 Å². The highest BCUT2D eigenvalue weighted by Gasteiger charge is 2.23. The van der Waals surface area contributed by atoms with Crippen molar-refractivity contribution in [2.75, 3.05) is 30.4 Å². The van der Waals surface area contributed by atoms with Gasteiger partial charge in [0.25, 0.3) is 0 Å². The van der Waals surface area contributed by atoms with Gasteiger partial charge in [-0.15, -0.1) is 0 Å². The number of benzene rings is 2. The van der Waals surface area contributed by atoms with Crippen LogP contribution in [0.5, 0.6) is 5.75 Å². The van der Waals surface area contributed by atoms with Gasteiger partial charge in [-0.25, -0.2) is 4.79 Å². The Morgan fingerprint density at radius 3 is 2.08 bits per heavy atom. The molecule has 2 rings (SSSR count). The minimum absolute atomic E-state index is 0.235. The van der Waals surface area contributed by atoms with Gasteiger partial charge in [0.15, 0.2) is 0 Å². The van der Waals surface area contributed by atoms with Crippen molar-refractivity contribution in [3.8, 4) is 5.75 Å². The molecular weight excluding hydrogens is 326 g/mol. The van der Waals surface area contributed by atoms with Crippen molar-refractivity contribution in [3.05, 3.63) is 54.1 Å². The van der Waals surface area contributed by atoms with Crippen LogP contribution < -0.4 is 20.3 Å². The lowest BCUT2D eigenvalue weighted by Gasteiger charge is -2.27. The first-order valence-corrected chi connectivity index (χ1v) is 8.98. The molecule has 0 heterocycles. The third-order valence-corrected chi connectivity index (χ3v) is 4.49. The number of carbonyl (C=O) groups is 1. The summed E-state index contributed by atoms with van der Waals surface area (Å²) in [5, 5.41) is 5.92. The van der Waals surface area contributed by atoms with Crippen molar-refractivity contribution >= 4 is 17.4 Å². The summed E-state index contributed by atoms with van der Waals surface area (Å²) in [6.45, 7) is 10.1. The Hall–Kier alpha value is -2.69. The van der Waals surface area contributed by atoms with E-state index in [4.69, 9.17) is 4.74 Å². The number of carbonyl (C=O) groups excluding carboxylic acids is 1. The number of anilines is 2. The fourth-order valence-electron chi connectivity index (χ4n) is 2.87. The molecule has 0 aliphatic heterocycles. The van der Waals surface area contributed by atoms with Crippen molar-refractivity contribution in [3.63, 3.8) is 0 Å². The molecule has 2 aromatic carbocycles. The summed E-state index contributed by atoms with van der Waals surface area (Å²) in [5.41, 5.74) is 2.42. The average molecular weight is 355 g/mol. The predicted molar refractivity (Wildman–Crippen MR) is 108 cm³/mol. The molecule has 0 atom stereocenters. The van der Waals surface area contributed by atoms with E-state index in [0.29, 0.717) is 0 Å². The van der Waals surface area contributed by atoms with Gasteiger partial charge in [0, 0.05) is 24.5 Å². The molecule has 0 radical (unpaired) electrons. The third kappa shape index (κ3) is 4.91. The van der Waals surface area contributed by atoms with E-state index in [9.17, 15) is 4.79 Å². The second-order valence-corrected chi connectivity index (χ2v) is 6.65. The highest BCUT2D eigenvalue weighted by atomic mass is 16.5. The molecule has 0 spiro atoms. The summed E-state index contributed by atoms with van der Waals surface area (Å²) in [4.78, 5) is 14.7. The number of hydrogen-bond acceptors (Lipinski definition) is 3. The monoisotopic (exact) mass is 355 g/mol. The number of methoxy groups -OCH3 is 1. The number of hydrogen-bond donors (Lipinski definition) is 2. The number of nitrogens with zero attached hydrogens (tertiary/aromatic N) is 1. The lowest BCUT2D eigenvalue weighted by molar-refractivity contribution is 0.242. The topological polar surface area (TPSA) is 53.6 Å². The van der Waals surface area contributed by atoms with Gasteiger partial charge < -0.3 is 20.3 Å². The van der Waals surface area contributed by atoms with Crippen LogP contribution in [0.4, 0.5) is 16.2 Å². The largest absolute Gasteiger partial charge is 0.497 e. The maximum absolute atomic E-state index is 12.4. The van der Waals surface area contributed by atoms with Crippen LogP contribution >= 0.6 is 0 Å². The standard InChI is InChI=1S/C21H29N3O2/c1-6-24(7-2)18-12-10-17(11-13-18)22-20(25)23-21(3,4)16-8-14-19(26-5)15-9-16/h8-15H,6-7H2,1-5H3,(H2,22,23,25). The smallest absolute Gasteiger partial charge is 0.319 e. The van der Waals surface area contributed by atoms with Crippen LogP contribution in [0, 0.1) is 0 Å². The number of amides is 2. The van der Waals surface area contributed by atoms with Crippen LogP contribution in [0.1, 0.15) is 33.3 Å². The van der Waals surface area contributed by atoms with Crippen LogP contribution in [0.15, 0.2) is 48.5 Å². The molecule has 0 aromatic heterocycles. The quantitative estimate of drug-likeness (QED) is 0.763. The van der Waals surface area contributed by atoms with Crippen LogP contribution in [0.25, 0.3) is 0 Å². The molecule has 2 N–H and O–H groups in total. The van der Waals surface area contributed by atoms with Gasteiger partial charge in [-0.2, -0.15) is 0 Å².